The van der Waals surface area contributed by atoms with Crippen LogP contribution in [-0.2, 0) is 11.0 Å². The molecule has 0 radical (unpaired) electrons. The van der Waals surface area contributed by atoms with E-state index in [1.807, 2.05) is 0 Å². The zero-order chi connectivity index (χ0) is 25.8. The van der Waals surface area contributed by atoms with E-state index in [4.69, 9.17) is 5.41 Å². The maximum atomic E-state index is 14.4. The van der Waals surface area contributed by atoms with Crippen molar-refractivity contribution in [2.75, 3.05) is 25.5 Å². The molecule has 9 nitrogen and oxygen atoms in total. The zero-order valence-electron chi connectivity index (χ0n) is 18.8. The molecule has 0 spiro atoms. The fourth-order valence-electron chi connectivity index (χ4n) is 3.74. The number of carbonyl (C=O) groups excluding carboxylic acids is 1. The number of aromatic nitrogens is 4. The van der Waals surface area contributed by atoms with E-state index in [1.54, 1.807) is 6.07 Å². The highest BCUT2D eigenvalue weighted by molar-refractivity contribution is 6.54. The van der Waals surface area contributed by atoms with Gasteiger partial charge < -0.3 is 15.5 Å². The summed E-state index contributed by atoms with van der Waals surface area (Å²) in [5.74, 6) is -4.80. The summed E-state index contributed by atoms with van der Waals surface area (Å²) in [5.41, 5.74) is -1.75. The van der Waals surface area contributed by atoms with Gasteiger partial charge in [-0.05, 0) is 12.0 Å². The minimum Gasteiger partial charge on any atom is -0.393 e. The molecule has 0 saturated carbocycles. The Bertz CT molecular complexity index is 1080. The Morgan fingerprint density at radius 3 is 2.49 bits per heavy atom. The van der Waals surface area contributed by atoms with Crippen molar-refractivity contribution in [3.63, 3.8) is 0 Å². The molecule has 3 rings (SSSR count). The minimum absolute atomic E-state index is 0.0139. The Hall–Kier alpha value is -3.71. The van der Waals surface area contributed by atoms with Gasteiger partial charge in [-0.3, -0.25) is 10.2 Å². The Balaban J connectivity index is 1.83. The quantitative estimate of drug-likeness (QED) is 0.397. The molecule has 2 aromatic heterocycles. The van der Waals surface area contributed by atoms with E-state index in [1.165, 1.54) is 32.6 Å². The SMILES string of the molecule is CN/C=C(\C(=N)C(=O)N1CC(F)(F)CC(C)C1CNc1cnc(C(F)(F)F)cn1)c1ncccn1. The molecule has 3 N–H and O–H groups in total. The van der Waals surface area contributed by atoms with E-state index in [-0.39, 0.29) is 23.8 Å². The Kier molecular flexibility index (Phi) is 7.60. The van der Waals surface area contributed by atoms with Crippen LogP contribution in [0.1, 0.15) is 24.9 Å². The van der Waals surface area contributed by atoms with Crippen molar-refractivity contribution in [3.8, 4) is 0 Å². The number of hydrogen-bond acceptors (Lipinski definition) is 8. The van der Waals surface area contributed by atoms with E-state index in [0.29, 0.717) is 6.20 Å². The first-order valence-electron chi connectivity index (χ1n) is 10.5. The second-order valence-electron chi connectivity index (χ2n) is 8.00. The lowest BCUT2D eigenvalue weighted by Gasteiger charge is -2.43. The number of amides is 1. The predicted molar refractivity (Wildman–Crippen MR) is 117 cm³/mol. The number of nitrogens with zero attached hydrogens (tertiary/aromatic N) is 5. The van der Waals surface area contributed by atoms with Crippen LogP contribution in [0.2, 0.25) is 0 Å². The Morgan fingerprint density at radius 2 is 1.91 bits per heavy atom. The summed E-state index contributed by atoms with van der Waals surface area (Å²) in [6.07, 6.45) is 0.423. The third kappa shape index (κ3) is 6.25. The van der Waals surface area contributed by atoms with Crippen LogP contribution < -0.4 is 10.6 Å². The van der Waals surface area contributed by atoms with Crippen molar-refractivity contribution in [2.24, 2.45) is 5.92 Å². The molecule has 2 unspecified atom stereocenters. The van der Waals surface area contributed by atoms with E-state index < -0.39 is 54.3 Å². The molecule has 1 amide bonds. The van der Waals surface area contributed by atoms with Crippen LogP contribution in [0.25, 0.3) is 5.57 Å². The number of hydrogen-bond donors (Lipinski definition) is 3. The number of carbonyl (C=O) groups is 1. The Labute approximate surface area is 197 Å². The van der Waals surface area contributed by atoms with E-state index in [2.05, 4.69) is 30.6 Å². The third-order valence-corrected chi connectivity index (χ3v) is 5.35. The standard InChI is InChI=1S/C21H23F5N8O/c1-12-6-20(22,23)11-34(14(12)8-32-16-10-31-15(9-33-16)21(24,25)26)19(35)17(27)13(7-28-2)18-29-4-3-5-30-18/h3-5,7,9-10,12,14,27-28H,6,8,11H2,1-2H3,(H,32,33)/b13-7+,27-17?. The predicted octanol–water partition coefficient (Wildman–Crippen LogP) is 2.85. The second-order valence-corrected chi connectivity index (χ2v) is 8.00. The molecule has 14 heteroatoms. The van der Waals surface area contributed by atoms with Crippen molar-refractivity contribution in [1.29, 1.82) is 5.41 Å². The van der Waals surface area contributed by atoms with Crippen LogP contribution in [0.4, 0.5) is 27.8 Å². The van der Waals surface area contributed by atoms with Gasteiger partial charge in [-0.2, -0.15) is 13.2 Å². The number of piperidine rings is 1. The second kappa shape index (κ2) is 10.3. The highest BCUT2D eigenvalue weighted by Crippen LogP contribution is 2.35. The first kappa shape index (κ1) is 25.9. The number of nitrogens with one attached hydrogen (secondary N) is 3. The zero-order valence-corrected chi connectivity index (χ0v) is 18.8. The van der Waals surface area contributed by atoms with Crippen molar-refractivity contribution in [2.45, 2.75) is 31.5 Å². The van der Waals surface area contributed by atoms with Gasteiger partial charge in [-0.25, -0.2) is 28.7 Å². The van der Waals surface area contributed by atoms with Gasteiger partial charge in [0.05, 0.1) is 30.6 Å². The van der Waals surface area contributed by atoms with Crippen molar-refractivity contribution >= 4 is 23.0 Å². The van der Waals surface area contributed by atoms with Gasteiger partial charge in [0, 0.05) is 38.6 Å². The van der Waals surface area contributed by atoms with Gasteiger partial charge in [-0.1, -0.05) is 6.92 Å². The maximum Gasteiger partial charge on any atom is 0.434 e. The first-order valence-corrected chi connectivity index (χ1v) is 10.5. The van der Waals surface area contributed by atoms with Crippen LogP contribution in [0.3, 0.4) is 0 Å². The fraction of sp³-hybridized carbons (Fsp3) is 0.429. The molecule has 0 aromatic carbocycles. The third-order valence-electron chi connectivity index (χ3n) is 5.35. The molecule has 1 fully saturated rings. The molecule has 1 aliphatic rings. The summed E-state index contributed by atoms with van der Waals surface area (Å²) in [6.45, 7) is 0.516. The summed E-state index contributed by atoms with van der Waals surface area (Å²) >= 11 is 0. The highest BCUT2D eigenvalue weighted by atomic mass is 19.4. The van der Waals surface area contributed by atoms with E-state index in [0.717, 1.165) is 11.1 Å². The van der Waals surface area contributed by atoms with E-state index >= 15 is 0 Å². The topological polar surface area (TPSA) is 120 Å². The summed E-state index contributed by atoms with van der Waals surface area (Å²) in [7, 11) is 1.54. The van der Waals surface area contributed by atoms with Crippen molar-refractivity contribution in [3.05, 3.63) is 48.6 Å². The van der Waals surface area contributed by atoms with Crippen LogP contribution >= 0.6 is 0 Å². The average Bonchev–Trinajstić information content (AvgIpc) is 2.80. The van der Waals surface area contributed by atoms with Crippen molar-refractivity contribution < 1.29 is 26.7 Å². The molecule has 2 atom stereocenters. The maximum absolute atomic E-state index is 14.4. The lowest BCUT2D eigenvalue weighted by atomic mass is 9.87. The number of alkyl halides is 5. The fourth-order valence-corrected chi connectivity index (χ4v) is 3.74. The molecular formula is C21H23F5N8O. The monoisotopic (exact) mass is 498 g/mol. The largest absolute Gasteiger partial charge is 0.434 e. The normalized spacial score (nSPS) is 20.3. The number of anilines is 1. The number of rotatable bonds is 7. The Morgan fingerprint density at radius 1 is 1.23 bits per heavy atom. The lowest BCUT2D eigenvalue weighted by molar-refractivity contribution is -0.145. The van der Waals surface area contributed by atoms with Crippen molar-refractivity contribution in [1.82, 2.24) is 30.2 Å². The molecule has 188 valence electrons. The molecule has 1 aliphatic heterocycles. The van der Waals surface area contributed by atoms with Gasteiger partial charge in [0.2, 0.25) is 0 Å². The van der Waals surface area contributed by atoms with E-state index in [9.17, 15) is 26.7 Å². The summed E-state index contributed by atoms with van der Waals surface area (Å²) in [4.78, 5) is 29.2. The van der Waals surface area contributed by atoms with Gasteiger partial charge in [0.1, 0.15) is 11.5 Å². The van der Waals surface area contributed by atoms with Gasteiger partial charge >= 0.3 is 6.18 Å². The molecule has 3 heterocycles. The molecule has 2 aromatic rings. The van der Waals surface area contributed by atoms with Crippen LogP contribution in [-0.4, -0.2) is 68.6 Å². The summed E-state index contributed by atoms with van der Waals surface area (Å²) in [6, 6.07) is 0.740. The molecule has 0 aliphatic carbocycles. The molecule has 1 saturated heterocycles. The minimum atomic E-state index is -4.65. The number of likely N-dealkylation sites (tertiary alicyclic amines) is 1. The highest BCUT2D eigenvalue weighted by Gasteiger charge is 2.47. The molecular weight excluding hydrogens is 475 g/mol. The average molecular weight is 498 g/mol. The smallest absolute Gasteiger partial charge is 0.393 e. The van der Waals surface area contributed by atoms with Gasteiger partial charge in [0.15, 0.2) is 11.5 Å². The summed E-state index contributed by atoms with van der Waals surface area (Å²) < 4.78 is 67.0. The van der Waals surface area contributed by atoms with Gasteiger partial charge in [-0.15, -0.1) is 0 Å². The first-order chi connectivity index (χ1) is 16.4. The van der Waals surface area contributed by atoms with Gasteiger partial charge in [0.25, 0.3) is 11.8 Å². The molecule has 0 bridgehead atoms. The number of halogens is 5. The van der Waals surface area contributed by atoms with Crippen LogP contribution in [0, 0.1) is 11.3 Å². The lowest BCUT2D eigenvalue weighted by Crippen LogP contribution is -2.58. The molecule has 35 heavy (non-hydrogen) atoms. The van der Waals surface area contributed by atoms with Crippen LogP contribution in [0.15, 0.2) is 37.1 Å². The van der Waals surface area contributed by atoms with Crippen LogP contribution in [0.5, 0.6) is 0 Å². The summed E-state index contributed by atoms with van der Waals surface area (Å²) in [5, 5.41) is 13.9.